The maximum absolute atomic E-state index is 13.9. The third-order valence-corrected chi connectivity index (χ3v) is 8.88. The van der Waals surface area contributed by atoms with Crippen molar-refractivity contribution in [1.82, 2.24) is 20.4 Å². The smallest absolute Gasteiger partial charge is 0.327 e. The van der Waals surface area contributed by atoms with Gasteiger partial charge in [-0.25, -0.2) is 4.79 Å². The van der Waals surface area contributed by atoms with Crippen molar-refractivity contribution in [2.24, 2.45) is 0 Å². The summed E-state index contributed by atoms with van der Waals surface area (Å²) in [5, 5.41) is 15.4. The Bertz CT molecular complexity index is 1250. The highest BCUT2D eigenvalue weighted by Gasteiger charge is 2.64. The highest BCUT2D eigenvalue weighted by Crippen LogP contribution is 2.51. The molecule has 0 bridgehead atoms. The molecule has 5 atom stereocenters. The SMILES string of the molecule is CC1(C)S[C@@H]2[C@H](NC(=O)C(c3ccccc3)N3C(=O)C(c4ccccc4)NC3(C)C)C(=O)N2[C@H]1C(=O)O. The third-order valence-electron chi connectivity index (χ3n) is 7.31. The van der Waals surface area contributed by atoms with E-state index < -0.39 is 57.7 Å². The molecule has 0 aliphatic carbocycles. The highest BCUT2D eigenvalue weighted by atomic mass is 32.2. The van der Waals surface area contributed by atoms with E-state index in [1.807, 2.05) is 50.2 Å². The summed E-state index contributed by atoms with van der Waals surface area (Å²) in [4.78, 5) is 55.5. The Morgan fingerprint density at radius 3 is 2.16 bits per heavy atom. The van der Waals surface area contributed by atoms with Crippen molar-refractivity contribution in [2.75, 3.05) is 0 Å². The van der Waals surface area contributed by atoms with Crippen LogP contribution in [-0.2, 0) is 19.2 Å². The number of β-lactam (4-membered cyclic amide) rings is 1. The highest BCUT2D eigenvalue weighted by molar-refractivity contribution is 8.01. The van der Waals surface area contributed by atoms with Crippen LogP contribution in [0.4, 0.5) is 0 Å². The Hall–Kier alpha value is -3.37. The van der Waals surface area contributed by atoms with E-state index in [4.69, 9.17) is 0 Å². The van der Waals surface area contributed by atoms with Gasteiger partial charge >= 0.3 is 5.97 Å². The quantitative estimate of drug-likeness (QED) is 0.498. The zero-order valence-electron chi connectivity index (χ0n) is 21.0. The molecule has 0 saturated carbocycles. The van der Waals surface area contributed by atoms with Crippen molar-refractivity contribution in [3.8, 4) is 0 Å². The van der Waals surface area contributed by atoms with Gasteiger partial charge in [0.05, 0.1) is 5.66 Å². The number of carboxylic acids is 1. The van der Waals surface area contributed by atoms with Crippen molar-refractivity contribution in [3.05, 3.63) is 71.8 Å². The van der Waals surface area contributed by atoms with E-state index >= 15 is 0 Å². The molecule has 0 aromatic heterocycles. The Morgan fingerprint density at radius 2 is 1.57 bits per heavy atom. The van der Waals surface area contributed by atoms with Crippen LogP contribution in [0.5, 0.6) is 0 Å². The van der Waals surface area contributed by atoms with Crippen LogP contribution in [-0.4, -0.2) is 66.5 Å². The van der Waals surface area contributed by atoms with E-state index in [1.54, 1.807) is 43.0 Å². The largest absolute Gasteiger partial charge is 0.480 e. The number of carbonyl (C=O) groups is 4. The van der Waals surface area contributed by atoms with Gasteiger partial charge in [0.2, 0.25) is 17.7 Å². The topological polar surface area (TPSA) is 119 Å². The molecule has 2 aromatic rings. The average Bonchev–Trinajstić information content (AvgIpc) is 3.26. The van der Waals surface area contributed by atoms with Gasteiger partial charge in [0, 0.05) is 4.75 Å². The second-order valence-electron chi connectivity index (χ2n) is 10.7. The van der Waals surface area contributed by atoms with Crippen molar-refractivity contribution in [3.63, 3.8) is 0 Å². The molecule has 3 fully saturated rings. The number of hydrogen-bond acceptors (Lipinski definition) is 6. The standard InChI is InChI=1S/C27H30N4O5S/c1-26(2)20(25(35)36)30-22(33)18(24(30)37-26)28-21(32)19(16-13-9-6-10-14-16)31-23(34)17(29-27(31,3)4)15-11-7-5-8-12-15/h5-14,17-20,24,29H,1-4H3,(H,28,32)(H,35,36)/t17?,18-,19?,20+,24-/m1/s1. The first-order valence-corrected chi connectivity index (χ1v) is 13.1. The van der Waals surface area contributed by atoms with Crippen LogP contribution < -0.4 is 10.6 Å². The molecule has 3 aliphatic heterocycles. The summed E-state index contributed by atoms with van der Waals surface area (Å²) >= 11 is 1.36. The Kier molecular flexibility index (Phi) is 6.07. The van der Waals surface area contributed by atoms with E-state index in [2.05, 4.69) is 10.6 Å². The first-order valence-electron chi connectivity index (χ1n) is 12.2. The minimum atomic E-state index is -1.07. The fourth-order valence-electron chi connectivity index (χ4n) is 5.65. The van der Waals surface area contributed by atoms with Gasteiger partial charge in [-0.15, -0.1) is 11.8 Å². The molecule has 3 heterocycles. The number of amides is 3. The number of nitrogens with one attached hydrogen (secondary N) is 2. The normalized spacial score (nSPS) is 28.4. The van der Waals surface area contributed by atoms with E-state index in [0.29, 0.717) is 5.56 Å². The van der Waals surface area contributed by atoms with Gasteiger partial charge in [-0.05, 0) is 38.8 Å². The van der Waals surface area contributed by atoms with Gasteiger partial charge < -0.3 is 20.2 Å². The number of rotatable bonds is 6. The summed E-state index contributed by atoms with van der Waals surface area (Å²) in [5.41, 5.74) is 0.539. The lowest BCUT2D eigenvalue weighted by molar-refractivity contribution is -0.161. The first-order chi connectivity index (χ1) is 17.4. The minimum absolute atomic E-state index is 0.246. The van der Waals surface area contributed by atoms with Crippen LogP contribution in [0.25, 0.3) is 0 Å². The van der Waals surface area contributed by atoms with Gasteiger partial charge in [-0.2, -0.15) is 0 Å². The molecule has 0 radical (unpaired) electrons. The van der Waals surface area contributed by atoms with Gasteiger partial charge in [-0.1, -0.05) is 60.7 Å². The van der Waals surface area contributed by atoms with Crippen LogP contribution in [0.3, 0.4) is 0 Å². The molecule has 10 heteroatoms. The molecule has 2 aromatic carbocycles. The maximum Gasteiger partial charge on any atom is 0.327 e. The lowest BCUT2D eigenvalue weighted by Crippen LogP contribution is -2.71. The predicted molar refractivity (Wildman–Crippen MR) is 138 cm³/mol. The fraction of sp³-hybridized carbons (Fsp3) is 0.407. The molecular weight excluding hydrogens is 492 g/mol. The Labute approximate surface area is 219 Å². The summed E-state index contributed by atoms with van der Waals surface area (Å²) in [6.45, 7) is 7.27. The van der Waals surface area contributed by atoms with Crippen LogP contribution in [0.15, 0.2) is 60.7 Å². The van der Waals surface area contributed by atoms with E-state index in [9.17, 15) is 24.3 Å². The average molecular weight is 523 g/mol. The van der Waals surface area contributed by atoms with E-state index in [1.165, 1.54) is 16.7 Å². The van der Waals surface area contributed by atoms with Gasteiger partial charge in [0.1, 0.15) is 29.5 Å². The molecule has 9 nitrogen and oxygen atoms in total. The second-order valence-corrected chi connectivity index (χ2v) is 12.4. The summed E-state index contributed by atoms with van der Waals surface area (Å²) < 4.78 is -0.704. The number of carboxylic acid groups (broad SMARTS) is 1. The molecule has 37 heavy (non-hydrogen) atoms. The first kappa shape index (κ1) is 25.3. The zero-order chi connectivity index (χ0) is 26.7. The number of benzene rings is 2. The molecule has 5 rings (SSSR count). The number of carbonyl (C=O) groups excluding carboxylic acids is 3. The van der Waals surface area contributed by atoms with E-state index in [-0.39, 0.29) is 5.91 Å². The molecular formula is C27H30N4O5S. The van der Waals surface area contributed by atoms with Crippen LogP contribution in [0.2, 0.25) is 0 Å². The molecule has 3 aliphatic rings. The third kappa shape index (κ3) is 4.08. The van der Waals surface area contributed by atoms with Crippen molar-refractivity contribution in [1.29, 1.82) is 0 Å². The summed E-state index contributed by atoms with van der Waals surface area (Å²) in [5.74, 6) is -2.23. The fourth-order valence-corrected chi connectivity index (χ4v) is 7.28. The summed E-state index contributed by atoms with van der Waals surface area (Å²) in [6, 6.07) is 14.9. The van der Waals surface area contributed by atoms with Crippen molar-refractivity contribution < 1.29 is 24.3 Å². The molecule has 3 saturated heterocycles. The van der Waals surface area contributed by atoms with E-state index in [0.717, 1.165) is 5.56 Å². The predicted octanol–water partition coefficient (Wildman–Crippen LogP) is 2.27. The number of hydrogen-bond donors (Lipinski definition) is 3. The molecule has 3 amide bonds. The zero-order valence-corrected chi connectivity index (χ0v) is 21.9. The van der Waals surface area contributed by atoms with Gasteiger partial charge in [-0.3, -0.25) is 19.7 Å². The Balaban J connectivity index is 1.45. The second kappa shape index (κ2) is 8.88. The monoisotopic (exact) mass is 522 g/mol. The number of aliphatic carboxylic acids is 1. The minimum Gasteiger partial charge on any atom is -0.480 e. The number of fused-ring (bicyclic) bond motifs is 1. The number of nitrogens with zero attached hydrogens (tertiary/aromatic N) is 2. The van der Waals surface area contributed by atoms with Crippen LogP contribution in [0, 0.1) is 0 Å². The van der Waals surface area contributed by atoms with Crippen molar-refractivity contribution >= 4 is 35.5 Å². The van der Waals surface area contributed by atoms with Crippen molar-refractivity contribution in [2.45, 2.75) is 67.6 Å². The number of thioether (sulfide) groups is 1. The summed E-state index contributed by atoms with van der Waals surface area (Å²) in [7, 11) is 0. The lowest BCUT2D eigenvalue weighted by atomic mass is 9.95. The maximum atomic E-state index is 13.9. The van der Waals surface area contributed by atoms with Crippen LogP contribution in [0.1, 0.15) is 50.9 Å². The van der Waals surface area contributed by atoms with Crippen LogP contribution >= 0.6 is 11.8 Å². The molecule has 2 unspecified atom stereocenters. The van der Waals surface area contributed by atoms with Gasteiger partial charge in [0.15, 0.2) is 0 Å². The van der Waals surface area contributed by atoms with Gasteiger partial charge in [0.25, 0.3) is 0 Å². The summed E-state index contributed by atoms with van der Waals surface area (Å²) in [6.07, 6.45) is 0. The molecule has 194 valence electrons. The molecule has 0 spiro atoms. The lowest BCUT2D eigenvalue weighted by Gasteiger charge is -2.45. The Morgan fingerprint density at radius 1 is 0.973 bits per heavy atom. The molecule has 3 N–H and O–H groups in total.